The summed E-state index contributed by atoms with van der Waals surface area (Å²) in [7, 11) is 0. The van der Waals surface area contributed by atoms with Crippen molar-refractivity contribution in [2.75, 3.05) is 5.33 Å². The highest BCUT2D eigenvalue weighted by Crippen LogP contribution is 2.33. The maximum absolute atomic E-state index is 4.54. The van der Waals surface area contributed by atoms with Crippen LogP contribution < -0.4 is 0 Å². The third-order valence-corrected chi connectivity index (χ3v) is 3.56. The predicted molar refractivity (Wildman–Crippen MR) is 62.9 cm³/mol. The molecule has 1 aromatic rings. The van der Waals surface area contributed by atoms with E-state index in [0.29, 0.717) is 0 Å². The van der Waals surface area contributed by atoms with E-state index in [1.165, 1.54) is 43.4 Å². The molecule has 76 valence electrons. The van der Waals surface area contributed by atoms with Gasteiger partial charge in [-0.1, -0.05) is 22.0 Å². The summed E-state index contributed by atoms with van der Waals surface area (Å²) in [6.45, 7) is 0. The van der Waals surface area contributed by atoms with E-state index in [1.54, 1.807) is 0 Å². The van der Waals surface area contributed by atoms with Crippen LogP contribution in [0.4, 0.5) is 0 Å². The molecule has 2 heteroatoms. The van der Waals surface area contributed by atoms with Gasteiger partial charge in [0.05, 0.1) is 0 Å². The summed E-state index contributed by atoms with van der Waals surface area (Å²) in [6, 6.07) is 4.30. The van der Waals surface area contributed by atoms with Crippen LogP contribution in [0.15, 0.2) is 18.3 Å². The first-order valence-corrected chi connectivity index (χ1v) is 6.53. The molecule has 1 nitrogen and oxygen atoms in total. The summed E-state index contributed by atoms with van der Waals surface area (Å²) in [5, 5.41) is 1.12. The topological polar surface area (TPSA) is 12.9 Å². The summed E-state index contributed by atoms with van der Waals surface area (Å²) in [5.74, 6) is 0.720. The maximum atomic E-state index is 4.54. The van der Waals surface area contributed by atoms with Crippen molar-refractivity contribution in [3.05, 3.63) is 29.6 Å². The van der Waals surface area contributed by atoms with Crippen LogP contribution in [0.5, 0.6) is 0 Å². The van der Waals surface area contributed by atoms with Crippen LogP contribution in [0.1, 0.15) is 42.9 Å². The van der Waals surface area contributed by atoms with Crippen molar-refractivity contribution in [1.29, 1.82) is 0 Å². The van der Waals surface area contributed by atoms with Crippen molar-refractivity contribution in [2.45, 2.75) is 38.0 Å². The average Bonchev–Trinajstić information content (AvgIpc) is 2.26. The third-order valence-electron chi connectivity index (χ3n) is 3.00. The summed E-state index contributed by atoms with van der Waals surface area (Å²) < 4.78 is 0. The second-order valence-electron chi connectivity index (χ2n) is 3.97. The van der Waals surface area contributed by atoms with Crippen LogP contribution in [0.25, 0.3) is 0 Å². The SMILES string of the molecule is BrCCCC1CCCc2cccnc21. The number of fused-ring (bicyclic) bond motifs is 1. The van der Waals surface area contributed by atoms with E-state index in [-0.39, 0.29) is 0 Å². The highest BCUT2D eigenvalue weighted by atomic mass is 79.9. The Balaban J connectivity index is 2.14. The van der Waals surface area contributed by atoms with Gasteiger partial charge in [-0.15, -0.1) is 0 Å². The average molecular weight is 254 g/mol. The minimum Gasteiger partial charge on any atom is -0.261 e. The molecule has 0 radical (unpaired) electrons. The molecule has 0 amide bonds. The molecule has 1 aliphatic carbocycles. The number of nitrogens with zero attached hydrogens (tertiary/aromatic N) is 1. The number of aromatic nitrogens is 1. The van der Waals surface area contributed by atoms with Crippen LogP contribution in [0.2, 0.25) is 0 Å². The lowest BCUT2D eigenvalue weighted by molar-refractivity contribution is 0.503. The lowest BCUT2D eigenvalue weighted by Gasteiger charge is -2.23. The molecular weight excluding hydrogens is 238 g/mol. The Morgan fingerprint density at radius 2 is 2.43 bits per heavy atom. The fourth-order valence-corrected chi connectivity index (χ4v) is 2.63. The fourth-order valence-electron chi connectivity index (χ4n) is 2.31. The largest absolute Gasteiger partial charge is 0.261 e. The third kappa shape index (κ3) is 2.17. The summed E-state index contributed by atoms with van der Waals surface area (Å²) in [5.41, 5.74) is 2.86. The molecule has 0 bridgehead atoms. The minimum atomic E-state index is 0.720. The zero-order chi connectivity index (χ0) is 9.80. The molecule has 2 rings (SSSR count). The van der Waals surface area contributed by atoms with E-state index in [1.807, 2.05) is 6.20 Å². The van der Waals surface area contributed by atoms with Crippen LogP contribution in [0.3, 0.4) is 0 Å². The molecule has 0 saturated heterocycles. The molecule has 0 aromatic carbocycles. The predicted octanol–water partition coefficient (Wildman–Crippen LogP) is 3.68. The Morgan fingerprint density at radius 3 is 3.29 bits per heavy atom. The Bertz CT molecular complexity index is 298. The van der Waals surface area contributed by atoms with Crippen molar-refractivity contribution >= 4 is 15.9 Å². The molecule has 1 unspecified atom stereocenters. The van der Waals surface area contributed by atoms with E-state index < -0.39 is 0 Å². The van der Waals surface area contributed by atoms with Gasteiger partial charge in [-0.2, -0.15) is 0 Å². The van der Waals surface area contributed by atoms with E-state index in [9.17, 15) is 0 Å². The monoisotopic (exact) mass is 253 g/mol. The fraction of sp³-hybridized carbons (Fsp3) is 0.583. The Labute approximate surface area is 94.1 Å². The number of halogens is 1. The number of hydrogen-bond donors (Lipinski definition) is 0. The second kappa shape index (κ2) is 4.92. The minimum absolute atomic E-state index is 0.720. The summed E-state index contributed by atoms with van der Waals surface area (Å²) in [6.07, 6.45) is 8.39. The lowest BCUT2D eigenvalue weighted by Crippen LogP contribution is -2.11. The van der Waals surface area contributed by atoms with Crippen LogP contribution in [0, 0.1) is 0 Å². The van der Waals surface area contributed by atoms with E-state index in [4.69, 9.17) is 0 Å². The molecular formula is C12H16BrN. The van der Waals surface area contributed by atoms with Gasteiger partial charge in [0.25, 0.3) is 0 Å². The van der Waals surface area contributed by atoms with Crippen molar-refractivity contribution < 1.29 is 0 Å². The number of aryl methyl sites for hydroxylation is 1. The molecule has 0 N–H and O–H groups in total. The lowest BCUT2D eigenvalue weighted by atomic mass is 9.84. The molecule has 0 aliphatic heterocycles. The van der Waals surface area contributed by atoms with E-state index in [0.717, 1.165) is 11.2 Å². The van der Waals surface area contributed by atoms with Crippen LogP contribution in [-0.2, 0) is 6.42 Å². The zero-order valence-electron chi connectivity index (χ0n) is 8.38. The van der Waals surface area contributed by atoms with Gasteiger partial charge < -0.3 is 0 Å². The van der Waals surface area contributed by atoms with Gasteiger partial charge in [0, 0.05) is 23.1 Å². The molecule has 14 heavy (non-hydrogen) atoms. The first-order valence-electron chi connectivity index (χ1n) is 5.41. The smallest absolute Gasteiger partial charge is 0.0466 e. The Kier molecular flexibility index (Phi) is 3.57. The van der Waals surface area contributed by atoms with Gasteiger partial charge in [0.1, 0.15) is 0 Å². The zero-order valence-corrected chi connectivity index (χ0v) is 9.96. The molecule has 1 atom stereocenters. The Hall–Kier alpha value is -0.370. The first kappa shape index (κ1) is 10.2. The van der Waals surface area contributed by atoms with E-state index >= 15 is 0 Å². The van der Waals surface area contributed by atoms with Crippen molar-refractivity contribution in [2.24, 2.45) is 0 Å². The van der Waals surface area contributed by atoms with Gasteiger partial charge in [0.15, 0.2) is 0 Å². The number of hydrogen-bond acceptors (Lipinski definition) is 1. The molecule has 1 aliphatic rings. The van der Waals surface area contributed by atoms with E-state index in [2.05, 4.69) is 33.0 Å². The van der Waals surface area contributed by atoms with Gasteiger partial charge in [-0.05, 0) is 43.7 Å². The Morgan fingerprint density at radius 1 is 1.50 bits per heavy atom. The van der Waals surface area contributed by atoms with Crippen molar-refractivity contribution in [3.8, 4) is 0 Å². The quantitative estimate of drug-likeness (QED) is 0.750. The first-order chi connectivity index (χ1) is 6.92. The van der Waals surface area contributed by atoms with Gasteiger partial charge in [0.2, 0.25) is 0 Å². The second-order valence-corrected chi connectivity index (χ2v) is 4.76. The standard InChI is InChI=1S/C12H16BrN/c13-8-2-6-10-4-1-5-11-7-3-9-14-12(10)11/h3,7,9-10H,1-2,4-6,8H2. The van der Waals surface area contributed by atoms with Crippen molar-refractivity contribution in [1.82, 2.24) is 4.98 Å². The highest BCUT2D eigenvalue weighted by Gasteiger charge is 2.20. The maximum Gasteiger partial charge on any atom is 0.0466 e. The van der Waals surface area contributed by atoms with Gasteiger partial charge in [-0.3, -0.25) is 4.98 Å². The summed E-state index contributed by atoms with van der Waals surface area (Å²) >= 11 is 3.50. The molecule has 0 spiro atoms. The molecule has 0 fully saturated rings. The number of pyridine rings is 1. The van der Waals surface area contributed by atoms with Crippen molar-refractivity contribution in [3.63, 3.8) is 0 Å². The molecule has 0 saturated carbocycles. The van der Waals surface area contributed by atoms with Gasteiger partial charge >= 0.3 is 0 Å². The van der Waals surface area contributed by atoms with Crippen LogP contribution >= 0.6 is 15.9 Å². The normalized spacial score (nSPS) is 20.5. The number of rotatable bonds is 3. The highest BCUT2D eigenvalue weighted by molar-refractivity contribution is 9.09. The van der Waals surface area contributed by atoms with Gasteiger partial charge in [-0.25, -0.2) is 0 Å². The molecule has 1 heterocycles. The molecule has 1 aromatic heterocycles. The summed E-state index contributed by atoms with van der Waals surface area (Å²) in [4.78, 5) is 4.54. The van der Waals surface area contributed by atoms with Crippen LogP contribution in [-0.4, -0.2) is 10.3 Å². The number of alkyl halides is 1.